The van der Waals surface area contributed by atoms with E-state index in [1.54, 1.807) is 11.8 Å². The fraction of sp³-hybridized carbons (Fsp3) is 0.562. The van der Waals surface area contributed by atoms with Crippen LogP contribution in [-0.2, 0) is 11.2 Å². The predicted octanol–water partition coefficient (Wildman–Crippen LogP) is 2.34. The molecule has 4 heteroatoms. The topological polar surface area (TPSA) is 49.3 Å². The number of hydrogen-bond acceptors (Lipinski definition) is 3. The minimum atomic E-state index is -0.716. The summed E-state index contributed by atoms with van der Waals surface area (Å²) in [6.45, 7) is 4.38. The summed E-state index contributed by atoms with van der Waals surface area (Å²) in [5, 5.41) is 13.1. The first-order chi connectivity index (χ1) is 9.54. The number of aryl methyl sites for hydroxylation is 1. The van der Waals surface area contributed by atoms with E-state index in [2.05, 4.69) is 24.4 Å². The summed E-state index contributed by atoms with van der Waals surface area (Å²) in [4.78, 5) is 12.2. The molecule has 0 aromatic heterocycles. The highest BCUT2D eigenvalue weighted by Crippen LogP contribution is 2.27. The number of carbonyl (C=O) groups excluding carboxylic acids is 1. The number of carbonyl (C=O) groups is 1. The van der Waals surface area contributed by atoms with Crippen LogP contribution in [0.4, 0.5) is 0 Å². The molecule has 2 N–H and O–H groups in total. The van der Waals surface area contributed by atoms with Gasteiger partial charge in [-0.25, -0.2) is 0 Å². The van der Waals surface area contributed by atoms with Crippen molar-refractivity contribution in [1.29, 1.82) is 0 Å². The van der Waals surface area contributed by atoms with Crippen LogP contribution in [-0.4, -0.2) is 34.7 Å². The van der Waals surface area contributed by atoms with Crippen LogP contribution < -0.4 is 5.32 Å². The van der Waals surface area contributed by atoms with Crippen molar-refractivity contribution in [2.45, 2.75) is 38.2 Å². The lowest BCUT2D eigenvalue weighted by atomic mass is 9.97. The SMILES string of the molecule is CCc1ccc(C(C)C(=O)NCC2(O)CCSC2)cc1. The van der Waals surface area contributed by atoms with Gasteiger partial charge in [0.1, 0.15) is 0 Å². The van der Waals surface area contributed by atoms with Gasteiger partial charge in [-0.05, 0) is 36.6 Å². The Balaban J connectivity index is 1.90. The molecule has 0 spiro atoms. The zero-order valence-corrected chi connectivity index (χ0v) is 13.0. The molecule has 1 aliphatic heterocycles. The first kappa shape index (κ1) is 15.4. The highest BCUT2D eigenvalue weighted by atomic mass is 32.2. The third-order valence-corrected chi connectivity index (χ3v) is 5.19. The Morgan fingerprint density at radius 3 is 2.70 bits per heavy atom. The van der Waals surface area contributed by atoms with Crippen LogP contribution in [0.25, 0.3) is 0 Å². The lowest BCUT2D eigenvalue weighted by molar-refractivity contribution is -0.123. The summed E-state index contributed by atoms with van der Waals surface area (Å²) in [5.41, 5.74) is 1.58. The quantitative estimate of drug-likeness (QED) is 0.876. The Morgan fingerprint density at radius 2 is 2.15 bits per heavy atom. The van der Waals surface area contributed by atoms with E-state index >= 15 is 0 Å². The Morgan fingerprint density at radius 1 is 1.45 bits per heavy atom. The fourth-order valence-corrected chi connectivity index (χ4v) is 3.63. The van der Waals surface area contributed by atoms with Crippen molar-refractivity contribution in [1.82, 2.24) is 5.32 Å². The van der Waals surface area contributed by atoms with E-state index in [1.165, 1.54) is 5.56 Å². The van der Waals surface area contributed by atoms with Gasteiger partial charge in [0.25, 0.3) is 0 Å². The van der Waals surface area contributed by atoms with Crippen LogP contribution in [0.1, 0.15) is 37.3 Å². The van der Waals surface area contributed by atoms with Gasteiger partial charge < -0.3 is 10.4 Å². The minimum absolute atomic E-state index is 0.0143. The summed E-state index contributed by atoms with van der Waals surface area (Å²) in [6.07, 6.45) is 1.77. The standard InChI is InChI=1S/C16H23NO2S/c1-3-13-4-6-14(7-5-13)12(2)15(18)17-10-16(19)8-9-20-11-16/h4-7,12,19H,3,8-11H2,1-2H3,(H,17,18). The Bertz CT molecular complexity index is 452. The molecule has 1 fully saturated rings. The molecule has 3 nitrogen and oxygen atoms in total. The summed E-state index contributed by atoms with van der Waals surface area (Å²) >= 11 is 1.74. The van der Waals surface area contributed by atoms with Gasteiger partial charge in [-0.15, -0.1) is 0 Å². The van der Waals surface area contributed by atoms with Gasteiger partial charge in [0.15, 0.2) is 0 Å². The zero-order valence-electron chi connectivity index (χ0n) is 12.2. The molecular formula is C16H23NO2S. The summed E-state index contributed by atoms with van der Waals surface area (Å²) in [6, 6.07) is 8.17. The molecule has 2 rings (SSSR count). The molecule has 2 unspecified atom stereocenters. The number of nitrogens with one attached hydrogen (secondary N) is 1. The van der Waals surface area contributed by atoms with E-state index in [9.17, 15) is 9.90 Å². The molecule has 20 heavy (non-hydrogen) atoms. The Labute approximate surface area is 125 Å². The third-order valence-electron chi connectivity index (χ3n) is 3.96. The van der Waals surface area contributed by atoms with Crippen LogP contribution in [0, 0.1) is 0 Å². The van der Waals surface area contributed by atoms with Crippen molar-refractivity contribution in [3.8, 4) is 0 Å². The van der Waals surface area contributed by atoms with Crippen LogP contribution in [0.15, 0.2) is 24.3 Å². The van der Waals surface area contributed by atoms with E-state index in [-0.39, 0.29) is 11.8 Å². The molecule has 1 heterocycles. The number of amides is 1. The van der Waals surface area contributed by atoms with Crippen molar-refractivity contribution in [3.63, 3.8) is 0 Å². The number of hydrogen-bond donors (Lipinski definition) is 2. The van der Waals surface area contributed by atoms with Gasteiger partial charge in [-0.2, -0.15) is 11.8 Å². The Kier molecular flexibility index (Phi) is 5.11. The second-order valence-corrected chi connectivity index (χ2v) is 6.67. The van der Waals surface area contributed by atoms with E-state index in [0.717, 1.165) is 24.2 Å². The van der Waals surface area contributed by atoms with Crippen LogP contribution >= 0.6 is 11.8 Å². The average Bonchev–Trinajstić information content (AvgIpc) is 2.91. The molecule has 0 bridgehead atoms. The monoisotopic (exact) mass is 293 g/mol. The fourth-order valence-electron chi connectivity index (χ4n) is 2.33. The average molecular weight is 293 g/mol. The molecule has 1 aromatic carbocycles. The predicted molar refractivity (Wildman–Crippen MR) is 84.1 cm³/mol. The Hall–Kier alpha value is -1.00. The number of thioether (sulfide) groups is 1. The first-order valence-electron chi connectivity index (χ1n) is 7.21. The number of benzene rings is 1. The molecule has 110 valence electrons. The van der Waals surface area contributed by atoms with Crippen LogP contribution in [0.5, 0.6) is 0 Å². The highest BCUT2D eigenvalue weighted by molar-refractivity contribution is 7.99. The molecule has 0 saturated carbocycles. The first-order valence-corrected chi connectivity index (χ1v) is 8.36. The highest BCUT2D eigenvalue weighted by Gasteiger charge is 2.32. The smallest absolute Gasteiger partial charge is 0.227 e. The van der Waals surface area contributed by atoms with Gasteiger partial charge in [0, 0.05) is 12.3 Å². The van der Waals surface area contributed by atoms with Crippen molar-refractivity contribution < 1.29 is 9.90 Å². The lowest BCUT2D eigenvalue weighted by Gasteiger charge is -2.23. The molecule has 1 amide bonds. The van der Waals surface area contributed by atoms with E-state index in [4.69, 9.17) is 0 Å². The van der Waals surface area contributed by atoms with Crippen molar-refractivity contribution in [2.75, 3.05) is 18.1 Å². The van der Waals surface area contributed by atoms with Crippen molar-refractivity contribution in [3.05, 3.63) is 35.4 Å². The van der Waals surface area contributed by atoms with E-state index < -0.39 is 5.60 Å². The van der Waals surface area contributed by atoms with Gasteiger partial charge in [-0.1, -0.05) is 31.2 Å². The molecule has 1 aliphatic rings. The van der Waals surface area contributed by atoms with Gasteiger partial charge in [-0.3, -0.25) is 4.79 Å². The van der Waals surface area contributed by atoms with Crippen LogP contribution in [0.2, 0.25) is 0 Å². The van der Waals surface area contributed by atoms with Crippen molar-refractivity contribution >= 4 is 17.7 Å². The molecule has 0 radical (unpaired) electrons. The number of aliphatic hydroxyl groups is 1. The molecule has 0 aliphatic carbocycles. The van der Waals surface area contributed by atoms with Gasteiger partial charge >= 0.3 is 0 Å². The van der Waals surface area contributed by atoms with Crippen molar-refractivity contribution in [2.24, 2.45) is 0 Å². The van der Waals surface area contributed by atoms with Gasteiger partial charge in [0.2, 0.25) is 5.91 Å². The molecular weight excluding hydrogens is 270 g/mol. The maximum Gasteiger partial charge on any atom is 0.227 e. The molecule has 2 atom stereocenters. The summed E-state index contributed by atoms with van der Waals surface area (Å²) in [5.74, 6) is 1.49. The largest absolute Gasteiger partial charge is 0.387 e. The maximum atomic E-state index is 12.2. The van der Waals surface area contributed by atoms with Gasteiger partial charge in [0.05, 0.1) is 11.5 Å². The normalized spacial score (nSPS) is 23.6. The lowest BCUT2D eigenvalue weighted by Crippen LogP contribution is -2.44. The number of rotatable bonds is 5. The molecule has 1 saturated heterocycles. The van der Waals surface area contributed by atoms with Crippen LogP contribution in [0.3, 0.4) is 0 Å². The summed E-state index contributed by atoms with van der Waals surface area (Å²) < 4.78 is 0. The molecule has 1 aromatic rings. The second-order valence-electron chi connectivity index (χ2n) is 5.56. The van der Waals surface area contributed by atoms with E-state index in [0.29, 0.717) is 12.3 Å². The zero-order chi connectivity index (χ0) is 14.6. The minimum Gasteiger partial charge on any atom is -0.387 e. The van der Waals surface area contributed by atoms with E-state index in [1.807, 2.05) is 19.1 Å². The second kappa shape index (κ2) is 6.64. The third kappa shape index (κ3) is 3.76. The summed E-state index contributed by atoms with van der Waals surface area (Å²) in [7, 11) is 0. The maximum absolute atomic E-state index is 12.2.